The number of hydrogen-bond acceptors (Lipinski definition) is 6. The maximum Gasteiger partial charge on any atom is 0.217 e. The molecule has 0 unspecified atom stereocenters. The zero-order valence-corrected chi connectivity index (χ0v) is 34.6. The normalized spacial score (nSPS) is 21.6. The fraction of sp³-hybridized carbons (Fsp3) is 0.388. The van der Waals surface area contributed by atoms with E-state index in [1.54, 1.807) is 6.20 Å². The molecular weight excluding hydrogens is 679 g/mol. The van der Waals surface area contributed by atoms with Gasteiger partial charge in [-0.05, 0) is 132 Å². The van der Waals surface area contributed by atoms with Gasteiger partial charge in [0.25, 0.3) is 0 Å². The molecule has 3 heterocycles. The van der Waals surface area contributed by atoms with Crippen molar-refractivity contribution in [3.63, 3.8) is 0 Å². The lowest BCUT2D eigenvalue weighted by atomic mass is 9.66. The third kappa shape index (κ3) is 6.00. The SMILES string of the molecule is [2H]C1([2H])c2cc(C)c(C)cc2[C@@]2(C)N=C(c3cc(Oc4cc(C)cc(N5c6ccc(C(C)(C)C)cc6Oc6cccnc65)c4)cc(C(C)(C)C)c3)O[C@@]12C(C)(C)C. The van der Waals surface area contributed by atoms with Crippen molar-refractivity contribution < 1.29 is 17.0 Å². The molecule has 4 aromatic carbocycles. The Morgan fingerprint density at radius 2 is 1.47 bits per heavy atom. The van der Waals surface area contributed by atoms with E-state index in [4.69, 9.17) is 24.2 Å². The van der Waals surface area contributed by atoms with E-state index in [2.05, 4.69) is 124 Å². The average molecular weight is 736 g/mol. The summed E-state index contributed by atoms with van der Waals surface area (Å²) in [6.45, 7) is 27.6. The Morgan fingerprint density at radius 3 is 2.18 bits per heavy atom. The largest absolute Gasteiger partial charge is 0.467 e. The maximum absolute atomic E-state index is 9.76. The van der Waals surface area contributed by atoms with Crippen molar-refractivity contribution in [2.75, 3.05) is 4.90 Å². The van der Waals surface area contributed by atoms with E-state index in [1.807, 2.05) is 50.2 Å². The van der Waals surface area contributed by atoms with Gasteiger partial charge in [-0.25, -0.2) is 9.98 Å². The highest BCUT2D eigenvalue weighted by atomic mass is 16.5. The van der Waals surface area contributed by atoms with Crippen molar-refractivity contribution >= 4 is 23.1 Å². The summed E-state index contributed by atoms with van der Waals surface area (Å²) in [5, 5.41) is 0. The topological polar surface area (TPSA) is 56.2 Å². The van der Waals surface area contributed by atoms with Crippen LogP contribution >= 0.6 is 0 Å². The summed E-state index contributed by atoms with van der Waals surface area (Å²) in [7, 11) is 0. The number of fused-ring (bicyclic) bond motifs is 5. The first kappa shape index (κ1) is 34.4. The number of aliphatic imine (C=N–C) groups is 1. The van der Waals surface area contributed by atoms with Crippen molar-refractivity contribution in [3.05, 3.63) is 130 Å². The van der Waals surface area contributed by atoms with Gasteiger partial charge in [0.05, 0.1) is 11.4 Å². The van der Waals surface area contributed by atoms with Gasteiger partial charge in [0, 0.05) is 32.4 Å². The summed E-state index contributed by atoms with van der Waals surface area (Å²) in [5.41, 5.74) is 6.31. The number of hydrogen-bond donors (Lipinski definition) is 0. The molecule has 5 aromatic rings. The van der Waals surface area contributed by atoms with Crippen molar-refractivity contribution in [1.29, 1.82) is 0 Å². The van der Waals surface area contributed by atoms with Gasteiger partial charge in [-0.1, -0.05) is 80.5 Å². The van der Waals surface area contributed by atoms with Crippen molar-refractivity contribution in [2.45, 2.75) is 118 Å². The fourth-order valence-electron chi connectivity index (χ4n) is 8.29. The molecule has 0 bridgehead atoms. The van der Waals surface area contributed by atoms with Gasteiger partial charge < -0.3 is 14.2 Å². The quantitative estimate of drug-likeness (QED) is 0.180. The van der Waals surface area contributed by atoms with Crippen LogP contribution in [-0.2, 0) is 27.5 Å². The highest BCUT2D eigenvalue weighted by Crippen LogP contribution is 2.60. The van der Waals surface area contributed by atoms with E-state index >= 15 is 0 Å². The van der Waals surface area contributed by atoms with Gasteiger partial charge in [-0.2, -0.15) is 0 Å². The second kappa shape index (κ2) is 12.2. The van der Waals surface area contributed by atoms with Crippen LogP contribution in [0, 0.1) is 26.2 Å². The van der Waals surface area contributed by atoms with Crippen LogP contribution in [0.3, 0.4) is 0 Å². The molecule has 1 aromatic heterocycles. The van der Waals surface area contributed by atoms with Crippen molar-refractivity contribution in [1.82, 2.24) is 4.98 Å². The predicted molar refractivity (Wildman–Crippen MR) is 224 cm³/mol. The van der Waals surface area contributed by atoms with Crippen LogP contribution in [0.25, 0.3) is 0 Å². The second-order valence-corrected chi connectivity index (χ2v) is 18.9. The number of anilines is 3. The Kier molecular flexibility index (Phi) is 7.63. The van der Waals surface area contributed by atoms with Crippen molar-refractivity contribution in [3.8, 4) is 23.0 Å². The molecule has 8 rings (SSSR count). The summed E-state index contributed by atoms with van der Waals surface area (Å²) < 4.78 is 39.9. The van der Waals surface area contributed by atoms with Gasteiger partial charge in [-0.15, -0.1) is 0 Å². The van der Waals surface area contributed by atoms with Gasteiger partial charge in [0.1, 0.15) is 22.6 Å². The average Bonchev–Trinajstić information content (AvgIpc) is 3.52. The van der Waals surface area contributed by atoms with Crippen LogP contribution in [0.15, 0.2) is 90.1 Å². The van der Waals surface area contributed by atoms with Crippen LogP contribution in [0.4, 0.5) is 17.2 Å². The lowest BCUT2D eigenvalue weighted by molar-refractivity contribution is -0.0673. The summed E-state index contributed by atoms with van der Waals surface area (Å²) in [6, 6.07) is 26.7. The van der Waals surface area contributed by atoms with E-state index in [0.29, 0.717) is 34.5 Å². The minimum Gasteiger partial charge on any atom is -0.467 e. The van der Waals surface area contributed by atoms with Gasteiger partial charge in [0.2, 0.25) is 5.90 Å². The minimum absolute atomic E-state index is 0.0453. The Hall–Kier alpha value is -5.10. The van der Waals surface area contributed by atoms with E-state index in [-0.39, 0.29) is 10.8 Å². The van der Waals surface area contributed by atoms with E-state index in [0.717, 1.165) is 50.5 Å². The molecule has 55 heavy (non-hydrogen) atoms. The van der Waals surface area contributed by atoms with Crippen LogP contribution in [-0.4, -0.2) is 16.5 Å². The lowest BCUT2D eigenvalue weighted by Gasteiger charge is -2.45. The smallest absolute Gasteiger partial charge is 0.217 e. The number of benzene rings is 4. The molecule has 0 saturated carbocycles. The number of pyridine rings is 1. The van der Waals surface area contributed by atoms with Gasteiger partial charge >= 0.3 is 0 Å². The summed E-state index contributed by atoms with van der Waals surface area (Å²) in [4.78, 5) is 12.3. The zero-order chi connectivity index (χ0) is 41.2. The standard InChI is InChI=1S/C49H55N3O3/c1-29-19-36(52-40-17-16-34(45(4,5)6)26-42(40)54-41-15-14-18-50-43(41)52)27-37(20-29)53-38-24-32(23-35(25-38)46(7,8)9)44-51-48(13)39-22-31(3)30(2)21-33(39)28-49(48,55-44)47(10,11)12/h14-27H,28H2,1-13H3/t48-,49-/m1/s1/i28D2. The third-order valence-corrected chi connectivity index (χ3v) is 11.6. The summed E-state index contributed by atoms with van der Waals surface area (Å²) in [5.74, 6) is 3.89. The van der Waals surface area contributed by atoms with E-state index < -0.39 is 22.9 Å². The molecule has 0 fully saturated rings. The van der Waals surface area contributed by atoms with Gasteiger partial charge in [0.15, 0.2) is 17.3 Å². The Labute approximate surface area is 330 Å². The molecule has 2 atom stereocenters. The predicted octanol–water partition coefficient (Wildman–Crippen LogP) is 13.0. The van der Waals surface area contributed by atoms with Crippen LogP contribution in [0.5, 0.6) is 23.0 Å². The monoisotopic (exact) mass is 735 g/mol. The number of aryl methyl sites for hydroxylation is 3. The Morgan fingerprint density at radius 1 is 0.764 bits per heavy atom. The molecule has 0 spiro atoms. The number of aromatic nitrogens is 1. The first-order valence-corrected chi connectivity index (χ1v) is 19.4. The molecular formula is C49H55N3O3. The van der Waals surface area contributed by atoms with Crippen LogP contribution < -0.4 is 14.4 Å². The highest BCUT2D eigenvalue weighted by Gasteiger charge is 2.66. The highest BCUT2D eigenvalue weighted by molar-refractivity contribution is 5.97. The Bertz CT molecular complexity index is 2500. The summed E-state index contributed by atoms with van der Waals surface area (Å²) >= 11 is 0. The number of rotatable bonds is 4. The molecule has 0 saturated heterocycles. The zero-order valence-electron chi connectivity index (χ0n) is 36.6. The number of ether oxygens (including phenoxy) is 3. The Balaban J connectivity index is 1.23. The maximum atomic E-state index is 9.76. The molecule has 0 amide bonds. The van der Waals surface area contributed by atoms with Crippen LogP contribution in [0.1, 0.15) is 116 Å². The molecule has 3 aliphatic rings. The minimum atomic E-state index is -1.82. The molecule has 1 aliphatic carbocycles. The van der Waals surface area contributed by atoms with E-state index in [9.17, 15) is 2.74 Å². The van der Waals surface area contributed by atoms with E-state index in [1.165, 1.54) is 5.56 Å². The molecule has 0 radical (unpaired) electrons. The fourth-order valence-corrected chi connectivity index (χ4v) is 8.29. The molecule has 0 N–H and O–H groups in total. The van der Waals surface area contributed by atoms with Gasteiger partial charge in [-0.3, -0.25) is 4.90 Å². The first-order chi connectivity index (χ1) is 26.4. The van der Waals surface area contributed by atoms with Crippen LogP contribution in [0.2, 0.25) is 0 Å². The molecule has 6 heteroatoms. The molecule has 284 valence electrons. The molecule has 2 aliphatic heterocycles. The molecule has 6 nitrogen and oxygen atoms in total. The number of nitrogens with zero attached hydrogens (tertiary/aromatic N) is 3. The first-order valence-electron chi connectivity index (χ1n) is 20.4. The van der Waals surface area contributed by atoms with Crippen molar-refractivity contribution in [2.24, 2.45) is 10.4 Å². The second-order valence-electron chi connectivity index (χ2n) is 18.9. The summed E-state index contributed by atoms with van der Waals surface area (Å²) in [6.07, 6.45) is -0.0349. The third-order valence-electron chi connectivity index (χ3n) is 11.6. The lowest BCUT2D eigenvalue weighted by Crippen LogP contribution is -2.54.